The van der Waals surface area contributed by atoms with Crippen LogP contribution in [0, 0.1) is 29.2 Å². The molecule has 0 saturated carbocycles. The molecule has 0 aliphatic heterocycles. The Kier molecular flexibility index (Phi) is 23.2. The summed E-state index contributed by atoms with van der Waals surface area (Å²) in [5, 5.41) is 11.3. The van der Waals surface area contributed by atoms with E-state index in [1.165, 1.54) is 11.6 Å². The minimum absolute atomic E-state index is 0. The van der Waals surface area contributed by atoms with Crippen molar-refractivity contribution in [2.75, 3.05) is 0 Å². The molecule has 27 heavy (non-hydrogen) atoms. The summed E-state index contributed by atoms with van der Waals surface area (Å²) in [5.74, 6) is -0.00261. The maximum absolute atomic E-state index is 11.3. The van der Waals surface area contributed by atoms with Crippen LogP contribution >= 0.6 is 0 Å². The maximum atomic E-state index is 11.3. The van der Waals surface area contributed by atoms with Crippen LogP contribution in [0.25, 0.3) is 0 Å². The Bertz CT molecular complexity index is 719. The summed E-state index contributed by atoms with van der Waals surface area (Å²) in [5.41, 5.74) is 2.78. The first-order chi connectivity index (χ1) is 10.8. The van der Waals surface area contributed by atoms with Crippen LogP contribution in [0.5, 0.6) is 5.75 Å². The van der Waals surface area contributed by atoms with Crippen molar-refractivity contribution in [1.29, 1.82) is 0 Å². The zero-order chi connectivity index (χ0) is 15.6. The van der Waals surface area contributed by atoms with Gasteiger partial charge in [0.2, 0.25) is 0 Å². The topological polar surface area (TPSA) is 35.4 Å². The van der Waals surface area contributed by atoms with Gasteiger partial charge in [-0.2, -0.15) is 0 Å². The standard InChI is InChI=1S/C13H11NO.C7H8.3CH3.Al.Li/c15-13-9-5-4-6-11(13)10-14-12-7-2-1-3-8-12;1-7-5-3-2-4-6-7;;;;;/h1-10,15H;2-6H,1H3;3*1H3;;/q;;3*-1;+3;+1/p-1. The summed E-state index contributed by atoms with van der Waals surface area (Å²) in [6.45, 7) is 2.08. The van der Waals surface area contributed by atoms with E-state index in [0.29, 0.717) is 5.56 Å². The van der Waals surface area contributed by atoms with Crippen molar-refractivity contribution in [2.24, 2.45) is 4.99 Å². The smallest absolute Gasteiger partial charge is 0.872 e. The van der Waals surface area contributed by atoms with Crippen LogP contribution in [-0.4, -0.2) is 23.6 Å². The molecule has 0 atom stereocenters. The summed E-state index contributed by atoms with van der Waals surface area (Å²) >= 11 is 0. The third-order valence-electron chi connectivity index (χ3n) is 2.97. The van der Waals surface area contributed by atoms with Crippen molar-refractivity contribution in [1.82, 2.24) is 0 Å². The van der Waals surface area contributed by atoms with Gasteiger partial charge in [0.25, 0.3) is 0 Å². The van der Waals surface area contributed by atoms with E-state index in [0.717, 1.165) is 5.69 Å². The van der Waals surface area contributed by atoms with Crippen LogP contribution in [-0.2, 0) is 0 Å². The molecule has 0 heterocycles. The Morgan fingerprint density at radius 1 is 0.704 bits per heavy atom. The monoisotopic (exact) mass is 367 g/mol. The molecule has 0 aliphatic carbocycles. The van der Waals surface area contributed by atoms with Crippen molar-refractivity contribution in [2.45, 2.75) is 6.92 Å². The van der Waals surface area contributed by atoms with Gasteiger partial charge < -0.3 is 27.4 Å². The number of hydrogen-bond acceptors (Lipinski definition) is 2. The molecular formula is C23H27AlLiNO. The number of aliphatic imine (C=N–C) groups is 1. The Hall–Kier alpha value is -1.74. The van der Waals surface area contributed by atoms with E-state index in [1.807, 2.05) is 54.6 Å². The Morgan fingerprint density at radius 2 is 1.15 bits per heavy atom. The summed E-state index contributed by atoms with van der Waals surface area (Å²) in [4.78, 5) is 4.21. The number of para-hydroxylation sites is 2. The van der Waals surface area contributed by atoms with Gasteiger partial charge in [0, 0.05) is 6.21 Å². The number of aryl methyl sites for hydroxylation is 1. The molecule has 0 saturated heterocycles. The predicted octanol–water partition coefficient (Wildman–Crippen LogP) is 2.48. The van der Waals surface area contributed by atoms with Gasteiger partial charge in [0.05, 0.1) is 5.69 Å². The third-order valence-corrected chi connectivity index (χ3v) is 2.97. The SMILES string of the molecule is Cc1ccccc1.[Al+3].[CH3-].[CH3-].[CH3-].[Li+].[O-]c1ccccc1C=Nc1ccccc1. The molecule has 0 aromatic heterocycles. The van der Waals surface area contributed by atoms with Crippen molar-refractivity contribution in [3.05, 3.63) is 118 Å². The first kappa shape index (κ1) is 32.9. The maximum Gasteiger partial charge on any atom is 3.00 e. The van der Waals surface area contributed by atoms with Crippen molar-refractivity contribution < 1.29 is 24.0 Å². The van der Waals surface area contributed by atoms with Crippen LogP contribution in [0.3, 0.4) is 0 Å². The second-order valence-corrected chi connectivity index (χ2v) is 4.79. The van der Waals surface area contributed by atoms with Gasteiger partial charge in [-0.25, -0.2) is 0 Å². The second-order valence-electron chi connectivity index (χ2n) is 4.79. The molecule has 0 aliphatic rings. The van der Waals surface area contributed by atoms with Gasteiger partial charge >= 0.3 is 36.2 Å². The molecule has 0 amide bonds. The average molecular weight is 367 g/mol. The van der Waals surface area contributed by atoms with Crippen molar-refractivity contribution in [3.63, 3.8) is 0 Å². The molecule has 3 aromatic carbocycles. The van der Waals surface area contributed by atoms with Gasteiger partial charge in [-0.1, -0.05) is 78.4 Å². The zero-order valence-electron chi connectivity index (χ0n) is 17.1. The summed E-state index contributed by atoms with van der Waals surface area (Å²) in [7, 11) is 0. The Balaban J connectivity index is -0.000000194. The van der Waals surface area contributed by atoms with Crippen LogP contribution in [0.4, 0.5) is 5.69 Å². The van der Waals surface area contributed by atoms with Crippen LogP contribution in [0.2, 0.25) is 0 Å². The quantitative estimate of drug-likeness (QED) is 0.389. The Labute approximate surface area is 188 Å². The van der Waals surface area contributed by atoms with E-state index in [2.05, 4.69) is 24.0 Å². The third kappa shape index (κ3) is 13.1. The fraction of sp³-hybridized carbons (Fsp3) is 0.0435. The first-order valence-electron chi connectivity index (χ1n) is 7.12. The van der Waals surface area contributed by atoms with Gasteiger partial charge in [0.1, 0.15) is 0 Å². The largest absolute Gasteiger partial charge is 3.00 e. The van der Waals surface area contributed by atoms with Gasteiger partial charge in [-0.05, 0) is 24.6 Å². The molecule has 4 heteroatoms. The van der Waals surface area contributed by atoms with Crippen LogP contribution < -0.4 is 24.0 Å². The van der Waals surface area contributed by atoms with Crippen LogP contribution in [0.1, 0.15) is 11.1 Å². The second kappa shape index (κ2) is 19.0. The van der Waals surface area contributed by atoms with E-state index in [-0.39, 0.29) is 64.3 Å². The predicted molar refractivity (Wildman–Crippen MR) is 116 cm³/mol. The average Bonchev–Trinajstić information content (AvgIpc) is 2.56. The van der Waals surface area contributed by atoms with E-state index in [1.54, 1.807) is 18.3 Å². The molecule has 3 rings (SSSR count). The van der Waals surface area contributed by atoms with Crippen molar-refractivity contribution in [3.8, 4) is 5.75 Å². The summed E-state index contributed by atoms with van der Waals surface area (Å²) in [6.07, 6.45) is 1.59. The molecule has 0 bridgehead atoms. The number of benzene rings is 3. The van der Waals surface area contributed by atoms with Gasteiger partial charge in [-0.3, -0.25) is 4.99 Å². The number of rotatable bonds is 2. The molecule has 0 spiro atoms. The van der Waals surface area contributed by atoms with Gasteiger partial charge in [-0.15, -0.1) is 5.75 Å². The molecule has 2 nitrogen and oxygen atoms in total. The van der Waals surface area contributed by atoms with E-state index in [4.69, 9.17) is 0 Å². The van der Waals surface area contributed by atoms with E-state index < -0.39 is 0 Å². The fourth-order valence-electron chi connectivity index (χ4n) is 1.78. The molecule has 134 valence electrons. The Morgan fingerprint density at radius 3 is 1.59 bits per heavy atom. The number of nitrogens with zero attached hydrogens (tertiary/aromatic N) is 1. The summed E-state index contributed by atoms with van der Waals surface area (Å²) < 4.78 is 0. The van der Waals surface area contributed by atoms with Crippen molar-refractivity contribution >= 4 is 29.3 Å². The minimum atomic E-state index is -0.00261. The first-order valence-corrected chi connectivity index (χ1v) is 7.12. The molecule has 0 radical (unpaired) electrons. The van der Waals surface area contributed by atoms with E-state index >= 15 is 0 Å². The van der Waals surface area contributed by atoms with Gasteiger partial charge in [0.15, 0.2) is 0 Å². The number of hydrogen-bond donors (Lipinski definition) is 0. The summed E-state index contributed by atoms with van der Waals surface area (Å²) in [6, 6.07) is 26.6. The zero-order valence-corrected chi connectivity index (χ0v) is 18.2. The minimum Gasteiger partial charge on any atom is -0.872 e. The van der Waals surface area contributed by atoms with Crippen LogP contribution in [0.15, 0.2) is 89.9 Å². The fourth-order valence-corrected chi connectivity index (χ4v) is 1.78. The normalized spacial score (nSPS) is 8.19. The molecule has 0 fully saturated rings. The molecule has 0 unspecified atom stereocenters. The molecular weight excluding hydrogens is 340 g/mol. The molecule has 3 aromatic rings. The molecule has 0 N–H and O–H groups in total. The van der Waals surface area contributed by atoms with E-state index in [9.17, 15) is 5.11 Å².